The lowest BCUT2D eigenvalue weighted by Gasteiger charge is -2.22. The maximum absolute atomic E-state index is 6.06. The van der Waals surface area contributed by atoms with E-state index in [2.05, 4.69) is 4.98 Å². The van der Waals surface area contributed by atoms with Crippen molar-refractivity contribution in [1.82, 2.24) is 4.98 Å². The summed E-state index contributed by atoms with van der Waals surface area (Å²) in [5, 5.41) is 0. The molecule has 2 aromatic rings. The van der Waals surface area contributed by atoms with E-state index in [1.54, 1.807) is 16.8 Å². The van der Waals surface area contributed by atoms with Crippen molar-refractivity contribution in [2.45, 2.75) is 25.4 Å². The number of benzene rings is 1. The minimum absolute atomic E-state index is 0.198. The molecule has 2 heterocycles. The van der Waals surface area contributed by atoms with Crippen molar-refractivity contribution < 1.29 is 9.47 Å². The molecule has 1 aliphatic rings. The molecule has 3 rings (SSSR count). The molecule has 1 aromatic heterocycles. The Kier molecular flexibility index (Phi) is 3.34. The van der Waals surface area contributed by atoms with Crippen molar-refractivity contribution in [2.75, 3.05) is 18.9 Å². The summed E-state index contributed by atoms with van der Waals surface area (Å²) in [5.74, 6) is 0.711. The Labute approximate surface area is 110 Å². The van der Waals surface area contributed by atoms with Gasteiger partial charge in [0.05, 0.1) is 16.3 Å². The van der Waals surface area contributed by atoms with Crippen molar-refractivity contribution >= 4 is 27.2 Å². The van der Waals surface area contributed by atoms with Gasteiger partial charge in [0.25, 0.3) is 0 Å². The first-order chi connectivity index (χ1) is 8.84. The fourth-order valence-electron chi connectivity index (χ4n) is 2.18. The van der Waals surface area contributed by atoms with Crippen LogP contribution in [-0.4, -0.2) is 24.3 Å². The molecule has 1 fully saturated rings. The number of rotatable bonds is 3. The Bertz CT molecular complexity index is 535. The molecule has 96 valence electrons. The summed E-state index contributed by atoms with van der Waals surface area (Å²) in [7, 11) is 0. The smallest absolute Gasteiger partial charge is 0.144 e. The second kappa shape index (κ2) is 5.12. The lowest BCUT2D eigenvalue weighted by atomic mass is 10.1. The normalized spacial score (nSPS) is 20.1. The van der Waals surface area contributed by atoms with Gasteiger partial charge < -0.3 is 15.2 Å². The Morgan fingerprint density at radius 3 is 3.22 bits per heavy atom. The molecule has 0 radical (unpaired) electrons. The first kappa shape index (κ1) is 11.7. The van der Waals surface area contributed by atoms with Crippen LogP contribution in [0.4, 0.5) is 5.69 Å². The van der Waals surface area contributed by atoms with Gasteiger partial charge in [0, 0.05) is 6.61 Å². The number of ether oxygens (including phenoxy) is 2. The van der Waals surface area contributed by atoms with Crippen molar-refractivity contribution in [3.05, 3.63) is 17.6 Å². The van der Waals surface area contributed by atoms with Crippen molar-refractivity contribution in [3.63, 3.8) is 0 Å². The predicted octanol–water partition coefficient (Wildman–Crippen LogP) is 2.83. The van der Waals surface area contributed by atoms with Crippen LogP contribution in [0.3, 0.4) is 0 Å². The summed E-state index contributed by atoms with van der Waals surface area (Å²) in [6, 6.07) is 3.92. The topological polar surface area (TPSA) is 57.4 Å². The Morgan fingerprint density at radius 2 is 2.39 bits per heavy atom. The van der Waals surface area contributed by atoms with E-state index in [1.807, 2.05) is 12.1 Å². The first-order valence-electron chi connectivity index (χ1n) is 6.20. The third-order valence-corrected chi connectivity index (χ3v) is 3.99. The highest BCUT2D eigenvalue weighted by atomic mass is 32.1. The minimum Gasteiger partial charge on any atom is -0.489 e. The number of fused-ring (bicyclic) bond motifs is 1. The molecule has 4 nitrogen and oxygen atoms in total. The number of nitrogens with two attached hydrogens (primary N) is 1. The zero-order valence-corrected chi connectivity index (χ0v) is 10.9. The first-order valence-corrected chi connectivity index (χ1v) is 7.08. The molecule has 1 aromatic carbocycles. The van der Waals surface area contributed by atoms with Gasteiger partial charge in [-0.3, -0.25) is 0 Å². The fraction of sp³-hybridized carbons (Fsp3) is 0.462. The van der Waals surface area contributed by atoms with Crippen LogP contribution >= 0.6 is 11.3 Å². The van der Waals surface area contributed by atoms with Crippen LogP contribution in [0.15, 0.2) is 17.6 Å². The zero-order chi connectivity index (χ0) is 12.4. The number of nitrogen functional groups attached to an aromatic ring is 1. The standard InChI is InChI=1S/C13H16N2O2S/c14-12-10(4-5-11-13(12)15-8-18-11)17-7-9-3-1-2-6-16-9/h4-5,8-9H,1-3,6-7,14H2. The SMILES string of the molecule is Nc1c(OCC2CCCCO2)ccc2scnc12. The number of hydrogen-bond donors (Lipinski definition) is 1. The van der Waals surface area contributed by atoms with Crippen LogP contribution in [-0.2, 0) is 4.74 Å². The van der Waals surface area contributed by atoms with E-state index in [4.69, 9.17) is 15.2 Å². The van der Waals surface area contributed by atoms with Gasteiger partial charge in [0.2, 0.25) is 0 Å². The number of nitrogens with zero attached hydrogens (tertiary/aromatic N) is 1. The Balaban J connectivity index is 1.71. The lowest BCUT2D eigenvalue weighted by molar-refractivity contribution is -0.0109. The highest BCUT2D eigenvalue weighted by molar-refractivity contribution is 7.16. The second-order valence-electron chi connectivity index (χ2n) is 4.48. The maximum atomic E-state index is 6.06. The van der Waals surface area contributed by atoms with Gasteiger partial charge in [-0.1, -0.05) is 0 Å². The summed E-state index contributed by atoms with van der Waals surface area (Å²) in [6.45, 7) is 1.41. The van der Waals surface area contributed by atoms with Gasteiger partial charge in [0.15, 0.2) is 0 Å². The lowest BCUT2D eigenvalue weighted by Crippen LogP contribution is -2.25. The van der Waals surface area contributed by atoms with E-state index in [9.17, 15) is 0 Å². The molecule has 1 unspecified atom stereocenters. The molecule has 1 atom stereocenters. The molecular formula is C13H16N2O2S. The molecule has 0 spiro atoms. The monoisotopic (exact) mass is 264 g/mol. The molecule has 5 heteroatoms. The largest absolute Gasteiger partial charge is 0.489 e. The molecule has 2 N–H and O–H groups in total. The van der Waals surface area contributed by atoms with E-state index >= 15 is 0 Å². The molecule has 1 saturated heterocycles. The summed E-state index contributed by atoms with van der Waals surface area (Å²) in [6.07, 6.45) is 3.64. The van der Waals surface area contributed by atoms with E-state index in [-0.39, 0.29) is 6.10 Å². The van der Waals surface area contributed by atoms with Crippen LogP contribution in [0.5, 0.6) is 5.75 Å². The van der Waals surface area contributed by atoms with Crippen LogP contribution in [0.1, 0.15) is 19.3 Å². The molecule has 0 saturated carbocycles. The van der Waals surface area contributed by atoms with Gasteiger partial charge in [-0.25, -0.2) is 4.98 Å². The maximum Gasteiger partial charge on any atom is 0.144 e. The predicted molar refractivity (Wildman–Crippen MR) is 73.1 cm³/mol. The molecule has 1 aliphatic heterocycles. The number of aromatic nitrogens is 1. The third-order valence-electron chi connectivity index (χ3n) is 3.20. The number of thiazole rings is 1. The molecule has 0 aliphatic carbocycles. The van der Waals surface area contributed by atoms with Crippen LogP contribution in [0.2, 0.25) is 0 Å². The zero-order valence-electron chi connectivity index (χ0n) is 10.1. The summed E-state index contributed by atoms with van der Waals surface area (Å²) >= 11 is 1.58. The fourth-order valence-corrected chi connectivity index (χ4v) is 2.87. The van der Waals surface area contributed by atoms with Crippen molar-refractivity contribution in [2.24, 2.45) is 0 Å². The Hall–Kier alpha value is -1.33. The average Bonchev–Trinajstić information content (AvgIpc) is 2.88. The van der Waals surface area contributed by atoms with Crippen molar-refractivity contribution in [1.29, 1.82) is 0 Å². The average molecular weight is 264 g/mol. The second-order valence-corrected chi connectivity index (χ2v) is 5.36. The van der Waals surface area contributed by atoms with Gasteiger partial charge in [-0.05, 0) is 31.4 Å². The van der Waals surface area contributed by atoms with Crippen LogP contribution < -0.4 is 10.5 Å². The van der Waals surface area contributed by atoms with Gasteiger partial charge in [0.1, 0.15) is 23.6 Å². The van der Waals surface area contributed by atoms with Crippen molar-refractivity contribution in [3.8, 4) is 5.75 Å². The molecule has 18 heavy (non-hydrogen) atoms. The van der Waals surface area contributed by atoms with E-state index in [0.717, 1.165) is 29.7 Å². The minimum atomic E-state index is 0.198. The number of anilines is 1. The van der Waals surface area contributed by atoms with E-state index < -0.39 is 0 Å². The van der Waals surface area contributed by atoms with Crippen LogP contribution in [0.25, 0.3) is 10.2 Å². The highest BCUT2D eigenvalue weighted by Gasteiger charge is 2.15. The highest BCUT2D eigenvalue weighted by Crippen LogP contribution is 2.32. The molecular weight excluding hydrogens is 248 g/mol. The third kappa shape index (κ3) is 2.28. The molecule has 0 bridgehead atoms. The summed E-state index contributed by atoms with van der Waals surface area (Å²) < 4.78 is 12.5. The van der Waals surface area contributed by atoms with Gasteiger partial charge >= 0.3 is 0 Å². The number of hydrogen-bond acceptors (Lipinski definition) is 5. The van der Waals surface area contributed by atoms with Crippen LogP contribution in [0, 0.1) is 0 Å². The Morgan fingerprint density at radius 1 is 1.44 bits per heavy atom. The van der Waals surface area contributed by atoms with E-state index in [0.29, 0.717) is 18.0 Å². The molecule has 0 amide bonds. The summed E-state index contributed by atoms with van der Waals surface area (Å²) in [5.41, 5.74) is 9.32. The van der Waals surface area contributed by atoms with Gasteiger partial charge in [-0.2, -0.15) is 0 Å². The van der Waals surface area contributed by atoms with E-state index in [1.165, 1.54) is 6.42 Å². The quantitative estimate of drug-likeness (QED) is 0.866. The van der Waals surface area contributed by atoms with Gasteiger partial charge in [-0.15, -0.1) is 11.3 Å². The summed E-state index contributed by atoms with van der Waals surface area (Å²) in [4.78, 5) is 4.26.